The molecule has 176 valence electrons. The van der Waals surface area contributed by atoms with E-state index in [9.17, 15) is 27.5 Å². The van der Waals surface area contributed by atoms with Crippen LogP contribution in [-0.2, 0) is 23.9 Å². The van der Waals surface area contributed by atoms with Crippen LogP contribution in [0.3, 0.4) is 0 Å². The SMILES string of the molecule is C[C@@H](O)c1nc2c(c(Oc3ccc(F)cc3C(F)(F)F)n1)CCN(/C(C=N)=C(\Cl)C(N)=O)C2. The van der Waals surface area contributed by atoms with Crippen molar-refractivity contribution in [3.8, 4) is 11.6 Å². The molecule has 1 aliphatic heterocycles. The maximum Gasteiger partial charge on any atom is 0.420 e. The Hall–Kier alpha value is -3.25. The number of carbonyl (C=O) groups is 1. The highest BCUT2D eigenvalue weighted by molar-refractivity contribution is 6.43. The van der Waals surface area contributed by atoms with Gasteiger partial charge in [-0.25, -0.2) is 9.37 Å². The van der Waals surface area contributed by atoms with Gasteiger partial charge in [0.2, 0.25) is 5.88 Å². The molecular weight excluding hydrogens is 470 g/mol. The molecule has 8 nitrogen and oxygen atoms in total. The third-order valence-electron chi connectivity index (χ3n) is 4.79. The number of aliphatic hydroxyl groups is 1. The van der Waals surface area contributed by atoms with Gasteiger partial charge >= 0.3 is 6.18 Å². The first-order valence-electron chi connectivity index (χ1n) is 9.49. The van der Waals surface area contributed by atoms with E-state index in [0.29, 0.717) is 11.6 Å². The van der Waals surface area contributed by atoms with Gasteiger partial charge in [-0.15, -0.1) is 0 Å². The number of fused-ring (bicyclic) bond motifs is 1. The Kier molecular flexibility index (Phi) is 6.89. The second-order valence-corrected chi connectivity index (χ2v) is 7.49. The normalized spacial score (nSPS) is 15.4. The molecule has 1 atom stereocenters. The highest BCUT2D eigenvalue weighted by atomic mass is 35.5. The van der Waals surface area contributed by atoms with E-state index in [4.69, 9.17) is 27.5 Å². The fraction of sp³-hybridized carbons (Fsp3) is 0.300. The Morgan fingerprint density at radius 3 is 2.67 bits per heavy atom. The van der Waals surface area contributed by atoms with E-state index in [2.05, 4.69) is 9.97 Å². The number of hydrogen-bond donors (Lipinski definition) is 3. The monoisotopic (exact) mass is 487 g/mol. The second-order valence-electron chi connectivity index (χ2n) is 7.11. The first kappa shape index (κ1) is 24.4. The average Bonchev–Trinajstić information content (AvgIpc) is 2.74. The number of allylic oxidation sites excluding steroid dienone is 1. The maximum atomic E-state index is 13.4. The Morgan fingerprint density at radius 2 is 2.09 bits per heavy atom. The van der Waals surface area contributed by atoms with Crippen molar-refractivity contribution in [2.24, 2.45) is 5.73 Å². The quantitative estimate of drug-likeness (QED) is 0.326. The molecule has 3 rings (SSSR count). The molecule has 1 aliphatic rings. The van der Waals surface area contributed by atoms with Gasteiger partial charge in [-0.3, -0.25) is 4.79 Å². The molecule has 13 heteroatoms. The van der Waals surface area contributed by atoms with Gasteiger partial charge in [0.05, 0.1) is 17.9 Å². The van der Waals surface area contributed by atoms with E-state index in [0.717, 1.165) is 18.3 Å². The summed E-state index contributed by atoms with van der Waals surface area (Å²) >= 11 is 5.91. The zero-order valence-corrected chi connectivity index (χ0v) is 17.8. The number of carbonyl (C=O) groups excluding carboxylic acids is 1. The van der Waals surface area contributed by atoms with Gasteiger partial charge in [-0.1, -0.05) is 11.6 Å². The summed E-state index contributed by atoms with van der Waals surface area (Å²) in [4.78, 5) is 21.3. The molecule has 2 heterocycles. The second kappa shape index (κ2) is 9.32. The molecule has 0 bridgehead atoms. The molecule has 0 saturated heterocycles. The summed E-state index contributed by atoms with van der Waals surface area (Å²) in [7, 11) is 0. The zero-order chi connectivity index (χ0) is 24.5. The van der Waals surface area contributed by atoms with Crippen molar-refractivity contribution in [1.82, 2.24) is 14.9 Å². The molecule has 0 aliphatic carbocycles. The number of alkyl halides is 3. The third kappa shape index (κ3) is 5.22. The summed E-state index contributed by atoms with van der Waals surface area (Å²) in [6.07, 6.45) is -5.08. The fourth-order valence-corrected chi connectivity index (χ4v) is 3.40. The van der Waals surface area contributed by atoms with Crippen LogP contribution >= 0.6 is 11.6 Å². The molecule has 0 fully saturated rings. The van der Waals surface area contributed by atoms with E-state index < -0.39 is 35.3 Å². The molecular formula is C20H18ClF4N5O3. The highest BCUT2D eigenvalue weighted by Gasteiger charge is 2.36. The maximum absolute atomic E-state index is 13.4. The van der Waals surface area contributed by atoms with Crippen LogP contribution in [0.1, 0.15) is 35.7 Å². The van der Waals surface area contributed by atoms with Crippen molar-refractivity contribution in [3.05, 3.63) is 57.4 Å². The van der Waals surface area contributed by atoms with Crippen LogP contribution in [0, 0.1) is 11.2 Å². The van der Waals surface area contributed by atoms with Gasteiger partial charge in [-0.2, -0.15) is 18.2 Å². The molecule has 0 radical (unpaired) electrons. The zero-order valence-electron chi connectivity index (χ0n) is 17.1. The Bertz CT molecular complexity index is 1140. The minimum atomic E-state index is -4.89. The smallest absolute Gasteiger partial charge is 0.420 e. The number of amides is 1. The molecule has 0 saturated carbocycles. The summed E-state index contributed by atoms with van der Waals surface area (Å²) in [5.74, 6) is -3.04. The molecule has 1 aromatic heterocycles. The number of nitrogens with one attached hydrogen (secondary N) is 1. The Balaban J connectivity index is 2.08. The van der Waals surface area contributed by atoms with Crippen LogP contribution in [0.2, 0.25) is 0 Å². The summed E-state index contributed by atoms with van der Waals surface area (Å²) in [5, 5.41) is 17.2. The molecule has 33 heavy (non-hydrogen) atoms. The lowest BCUT2D eigenvalue weighted by Crippen LogP contribution is -2.34. The number of ether oxygens (including phenoxy) is 1. The number of primary amides is 1. The van der Waals surface area contributed by atoms with E-state index in [1.165, 1.54) is 11.8 Å². The number of benzene rings is 1. The van der Waals surface area contributed by atoms with Gasteiger partial charge < -0.3 is 25.9 Å². The van der Waals surface area contributed by atoms with Crippen LogP contribution in [0.5, 0.6) is 11.6 Å². The minimum absolute atomic E-state index is 0.0162. The number of nitrogens with zero attached hydrogens (tertiary/aromatic N) is 3. The van der Waals surface area contributed by atoms with Gasteiger partial charge in [0.1, 0.15) is 28.3 Å². The predicted octanol–water partition coefficient (Wildman–Crippen LogP) is 3.42. The lowest BCUT2D eigenvalue weighted by molar-refractivity contribution is -0.138. The molecule has 0 unspecified atom stereocenters. The number of rotatable bonds is 6. The van der Waals surface area contributed by atoms with Crippen LogP contribution < -0.4 is 10.5 Å². The Morgan fingerprint density at radius 1 is 1.39 bits per heavy atom. The topological polar surface area (TPSA) is 125 Å². The summed E-state index contributed by atoms with van der Waals surface area (Å²) < 4.78 is 59.1. The lowest BCUT2D eigenvalue weighted by atomic mass is 10.0. The van der Waals surface area contributed by atoms with Crippen molar-refractivity contribution in [3.63, 3.8) is 0 Å². The van der Waals surface area contributed by atoms with Crippen LogP contribution in [0.15, 0.2) is 28.9 Å². The van der Waals surface area contributed by atoms with Crippen molar-refractivity contribution in [2.45, 2.75) is 32.2 Å². The number of aliphatic hydroxyl groups excluding tert-OH is 1. The van der Waals surface area contributed by atoms with E-state index in [1.807, 2.05) is 0 Å². The van der Waals surface area contributed by atoms with Gasteiger partial charge in [0, 0.05) is 18.3 Å². The number of hydrogen-bond acceptors (Lipinski definition) is 7. The minimum Gasteiger partial charge on any atom is -0.438 e. The van der Waals surface area contributed by atoms with E-state index in [-0.39, 0.29) is 47.6 Å². The number of aromatic nitrogens is 2. The number of nitrogens with two attached hydrogens (primary N) is 1. The summed E-state index contributed by atoms with van der Waals surface area (Å²) in [6.45, 7) is 1.53. The number of halogens is 5. The first-order chi connectivity index (χ1) is 15.4. The van der Waals surface area contributed by atoms with Crippen LogP contribution in [0.4, 0.5) is 17.6 Å². The van der Waals surface area contributed by atoms with Gasteiger partial charge in [0.25, 0.3) is 5.91 Å². The molecule has 2 aromatic rings. The third-order valence-corrected chi connectivity index (χ3v) is 5.17. The molecule has 0 spiro atoms. The molecule has 4 N–H and O–H groups in total. The fourth-order valence-electron chi connectivity index (χ4n) is 3.23. The van der Waals surface area contributed by atoms with Crippen LogP contribution in [-0.4, -0.2) is 38.6 Å². The molecule has 1 aromatic carbocycles. The highest BCUT2D eigenvalue weighted by Crippen LogP contribution is 2.40. The van der Waals surface area contributed by atoms with Crippen molar-refractivity contribution in [1.29, 1.82) is 5.41 Å². The Labute approximate surface area is 190 Å². The van der Waals surface area contributed by atoms with Gasteiger partial charge in [0.15, 0.2) is 5.82 Å². The summed E-state index contributed by atoms with van der Waals surface area (Å²) in [6, 6.07) is 1.97. The van der Waals surface area contributed by atoms with Crippen molar-refractivity contribution < 1.29 is 32.2 Å². The van der Waals surface area contributed by atoms with Crippen LogP contribution in [0.25, 0.3) is 0 Å². The van der Waals surface area contributed by atoms with E-state index in [1.54, 1.807) is 0 Å². The summed E-state index contributed by atoms with van der Waals surface area (Å²) in [5.41, 5.74) is 4.54. The van der Waals surface area contributed by atoms with E-state index >= 15 is 0 Å². The first-order valence-corrected chi connectivity index (χ1v) is 9.87. The van der Waals surface area contributed by atoms with Crippen molar-refractivity contribution >= 4 is 23.7 Å². The van der Waals surface area contributed by atoms with Gasteiger partial charge in [-0.05, 0) is 31.5 Å². The lowest BCUT2D eigenvalue weighted by Gasteiger charge is -2.31. The van der Waals surface area contributed by atoms with Crippen molar-refractivity contribution in [2.75, 3.05) is 6.54 Å². The molecule has 1 amide bonds. The largest absolute Gasteiger partial charge is 0.438 e. The predicted molar refractivity (Wildman–Crippen MR) is 109 cm³/mol. The standard InChI is InChI=1S/C20H18ClF4N5O3/c1-9(31)18-28-13-8-30(14(7-26)16(21)17(27)32)5-4-11(13)19(29-18)33-15-3-2-10(22)6-12(15)20(23,24)25/h2-3,6-7,9,26,31H,4-5,8H2,1H3,(H2,27,32)/b16-14-,26-7?/t9-/m1/s1. The average molecular weight is 488 g/mol.